The molecule has 0 aliphatic heterocycles. The number of benzene rings is 1. The van der Waals surface area contributed by atoms with Crippen LogP contribution < -0.4 is 0 Å². The summed E-state index contributed by atoms with van der Waals surface area (Å²) in [5.41, 5.74) is 0.673. The maximum Gasteiger partial charge on any atom is 0.311 e. The Balaban J connectivity index is 2.48. The predicted octanol–water partition coefficient (Wildman–Crippen LogP) is 5.54. The summed E-state index contributed by atoms with van der Waals surface area (Å²) in [7, 11) is 0. The summed E-state index contributed by atoms with van der Waals surface area (Å²) in [6.45, 7) is 6.14. The average Bonchev–Trinajstić information content (AvgIpc) is 2.39. The Morgan fingerprint density at radius 2 is 2.05 bits per heavy atom. The Bertz CT molecular complexity index is 446. The second-order valence-corrected chi connectivity index (χ2v) is 7.00. The standard InChI is InChI=1S/C16H22BrClO2/c1-4-20-15(19)16(2,3)11-7-9-13(17)12-8-5-6-10-14(12)18/h5-6,8,10,13H,4,7,9,11H2,1-3H3. The third-order valence-electron chi connectivity index (χ3n) is 3.33. The zero-order valence-electron chi connectivity index (χ0n) is 12.3. The molecule has 0 radical (unpaired) electrons. The Hall–Kier alpha value is -0.540. The summed E-state index contributed by atoms with van der Waals surface area (Å²) >= 11 is 9.85. The third-order valence-corrected chi connectivity index (χ3v) is 4.63. The Morgan fingerprint density at radius 3 is 2.65 bits per heavy atom. The highest BCUT2D eigenvalue weighted by molar-refractivity contribution is 9.09. The lowest BCUT2D eigenvalue weighted by Gasteiger charge is -2.22. The van der Waals surface area contributed by atoms with Gasteiger partial charge >= 0.3 is 5.97 Å². The lowest BCUT2D eigenvalue weighted by atomic mass is 9.86. The maximum absolute atomic E-state index is 11.8. The number of carbonyl (C=O) groups is 1. The predicted molar refractivity (Wildman–Crippen MR) is 87.4 cm³/mol. The molecule has 4 heteroatoms. The first-order chi connectivity index (χ1) is 9.38. The van der Waals surface area contributed by atoms with Crippen LogP contribution in [-0.2, 0) is 9.53 Å². The maximum atomic E-state index is 11.8. The SMILES string of the molecule is CCOC(=O)C(C)(C)CCCC(Br)c1ccccc1Cl. The van der Waals surface area contributed by atoms with E-state index in [-0.39, 0.29) is 10.8 Å². The number of rotatable bonds is 7. The Morgan fingerprint density at radius 1 is 1.40 bits per heavy atom. The molecule has 20 heavy (non-hydrogen) atoms. The number of esters is 1. The van der Waals surface area contributed by atoms with Crippen LogP contribution in [0.4, 0.5) is 0 Å². The lowest BCUT2D eigenvalue weighted by molar-refractivity contribution is -0.153. The van der Waals surface area contributed by atoms with Crippen molar-refractivity contribution in [2.24, 2.45) is 5.41 Å². The van der Waals surface area contributed by atoms with Gasteiger partial charge in [0.05, 0.1) is 12.0 Å². The highest BCUT2D eigenvalue weighted by atomic mass is 79.9. The minimum absolute atomic E-state index is 0.121. The van der Waals surface area contributed by atoms with Crippen LogP contribution in [0.15, 0.2) is 24.3 Å². The van der Waals surface area contributed by atoms with Crippen LogP contribution in [0.1, 0.15) is 50.4 Å². The summed E-state index contributed by atoms with van der Waals surface area (Å²) in [4.78, 5) is 12.0. The molecule has 2 nitrogen and oxygen atoms in total. The van der Waals surface area contributed by atoms with Gasteiger partial charge in [0, 0.05) is 9.85 Å². The molecule has 0 fully saturated rings. The molecule has 0 amide bonds. The van der Waals surface area contributed by atoms with E-state index in [0.717, 1.165) is 29.8 Å². The van der Waals surface area contributed by atoms with Crippen molar-refractivity contribution >= 4 is 33.5 Å². The lowest BCUT2D eigenvalue weighted by Crippen LogP contribution is -2.26. The largest absolute Gasteiger partial charge is 0.466 e. The normalized spacial score (nSPS) is 13.1. The van der Waals surface area contributed by atoms with Gasteiger partial charge in [-0.2, -0.15) is 0 Å². The van der Waals surface area contributed by atoms with Crippen LogP contribution in [0.2, 0.25) is 5.02 Å². The van der Waals surface area contributed by atoms with Gasteiger partial charge < -0.3 is 4.74 Å². The molecular weight excluding hydrogens is 340 g/mol. The number of hydrogen-bond donors (Lipinski definition) is 0. The molecule has 0 saturated carbocycles. The monoisotopic (exact) mass is 360 g/mol. The summed E-state index contributed by atoms with van der Waals surface area (Å²) in [6.07, 6.45) is 2.68. The van der Waals surface area contributed by atoms with E-state index < -0.39 is 5.41 Å². The smallest absolute Gasteiger partial charge is 0.311 e. The highest BCUT2D eigenvalue weighted by Gasteiger charge is 2.28. The highest BCUT2D eigenvalue weighted by Crippen LogP contribution is 2.35. The molecular formula is C16H22BrClO2. The Labute approximate surface area is 135 Å². The van der Waals surface area contributed by atoms with E-state index >= 15 is 0 Å². The Kier molecular flexibility index (Phi) is 7.04. The van der Waals surface area contributed by atoms with Crippen molar-refractivity contribution in [1.82, 2.24) is 0 Å². The molecule has 0 aliphatic rings. The van der Waals surface area contributed by atoms with Crippen molar-refractivity contribution in [3.05, 3.63) is 34.9 Å². The molecule has 0 bridgehead atoms. The number of hydrogen-bond acceptors (Lipinski definition) is 2. The van der Waals surface area contributed by atoms with E-state index in [0.29, 0.717) is 6.61 Å². The molecule has 0 aliphatic carbocycles. The van der Waals surface area contributed by atoms with E-state index in [2.05, 4.69) is 15.9 Å². The molecule has 112 valence electrons. The molecule has 0 saturated heterocycles. The molecule has 1 aromatic rings. The van der Waals surface area contributed by atoms with Gasteiger partial charge in [0.2, 0.25) is 0 Å². The van der Waals surface area contributed by atoms with Crippen LogP contribution >= 0.6 is 27.5 Å². The first kappa shape index (κ1) is 17.5. The van der Waals surface area contributed by atoms with Crippen LogP contribution in [-0.4, -0.2) is 12.6 Å². The number of alkyl halides is 1. The van der Waals surface area contributed by atoms with Gasteiger partial charge in [0.25, 0.3) is 0 Å². The third kappa shape index (κ3) is 5.10. The summed E-state index contributed by atoms with van der Waals surface area (Å²) < 4.78 is 5.10. The van der Waals surface area contributed by atoms with Gasteiger partial charge in [-0.1, -0.05) is 52.2 Å². The van der Waals surface area contributed by atoms with Crippen molar-refractivity contribution in [2.75, 3.05) is 6.61 Å². The first-order valence-electron chi connectivity index (χ1n) is 6.94. The summed E-state index contributed by atoms with van der Waals surface area (Å²) in [5, 5.41) is 0.777. The van der Waals surface area contributed by atoms with Crippen molar-refractivity contribution in [3.63, 3.8) is 0 Å². The average molecular weight is 362 g/mol. The van der Waals surface area contributed by atoms with Crippen LogP contribution in [0, 0.1) is 5.41 Å². The molecule has 1 atom stereocenters. The second kappa shape index (κ2) is 8.04. The second-order valence-electron chi connectivity index (χ2n) is 5.49. The van der Waals surface area contributed by atoms with E-state index in [1.54, 1.807) is 0 Å². The quantitative estimate of drug-likeness (QED) is 0.471. The van der Waals surface area contributed by atoms with E-state index in [1.165, 1.54) is 0 Å². The van der Waals surface area contributed by atoms with Crippen LogP contribution in [0.3, 0.4) is 0 Å². The van der Waals surface area contributed by atoms with E-state index in [9.17, 15) is 4.79 Å². The number of ether oxygens (including phenoxy) is 1. The van der Waals surface area contributed by atoms with E-state index in [4.69, 9.17) is 16.3 Å². The van der Waals surface area contributed by atoms with E-state index in [1.807, 2.05) is 45.0 Å². The fourth-order valence-corrected chi connectivity index (χ4v) is 3.16. The zero-order valence-corrected chi connectivity index (χ0v) is 14.6. The fraction of sp³-hybridized carbons (Fsp3) is 0.562. The molecule has 0 spiro atoms. The molecule has 0 heterocycles. The minimum atomic E-state index is -0.427. The van der Waals surface area contributed by atoms with Crippen LogP contribution in [0.5, 0.6) is 0 Å². The van der Waals surface area contributed by atoms with Gasteiger partial charge in [0.15, 0.2) is 0 Å². The first-order valence-corrected chi connectivity index (χ1v) is 8.23. The fourth-order valence-electron chi connectivity index (χ4n) is 2.04. The molecule has 1 rings (SSSR count). The number of halogens is 2. The molecule has 0 aromatic heterocycles. The van der Waals surface area contributed by atoms with Gasteiger partial charge in [0.1, 0.15) is 0 Å². The van der Waals surface area contributed by atoms with Crippen molar-refractivity contribution in [1.29, 1.82) is 0 Å². The summed E-state index contributed by atoms with van der Waals surface area (Å²) in [5.74, 6) is -0.121. The molecule has 1 unspecified atom stereocenters. The minimum Gasteiger partial charge on any atom is -0.466 e. The molecule has 1 aromatic carbocycles. The number of carbonyl (C=O) groups excluding carboxylic acids is 1. The van der Waals surface area contributed by atoms with Gasteiger partial charge in [-0.15, -0.1) is 0 Å². The van der Waals surface area contributed by atoms with Crippen molar-refractivity contribution in [3.8, 4) is 0 Å². The molecule has 0 N–H and O–H groups in total. The van der Waals surface area contributed by atoms with Gasteiger partial charge in [-0.05, 0) is 45.2 Å². The van der Waals surface area contributed by atoms with Crippen molar-refractivity contribution in [2.45, 2.75) is 44.9 Å². The van der Waals surface area contributed by atoms with Crippen LogP contribution in [0.25, 0.3) is 0 Å². The van der Waals surface area contributed by atoms with Gasteiger partial charge in [-0.3, -0.25) is 4.79 Å². The zero-order chi connectivity index (χ0) is 15.2. The van der Waals surface area contributed by atoms with Crippen molar-refractivity contribution < 1.29 is 9.53 Å². The van der Waals surface area contributed by atoms with Gasteiger partial charge in [-0.25, -0.2) is 0 Å². The summed E-state index contributed by atoms with van der Waals surface area (Å²) in [6, 6.07) is 7.83. The topological polar surface area (TPSA) is 26.3 Å².